The molecule has 0 saturated carbocycles. The van der Waals surface area contributed by atoms with Crippen LogP contribution >= 0.6 is 0 Å². The van der Waals surface area contributed by atoms with Crippen LogP contribution in [0.5, 0.6) is 0 Å². The van der Waals surface area contributed by atoms with E-state index in [-0.39, 0.29) is 18.0 Å². The molecule has 0 aliphatic carbocycles. The molecule has 0 aromatic carbocycles. The SMILES string of the molecule is CC[C@@H](N)C(=O)NC(C)CCC(C)C. The number of rotatable bonds is 6. The fourth-order valence-electron chi connectivity index (χ4n) is 1.19. The van der Waals surface area contributed by atoms with Gasteiger partial charge in [-0.1, -0.05) is 20.8 Å². The maximum absolute atomic E-state index is 11.4. The minimum Gasteiger partial charge on any atom is -0.352 e. The molecule has 14 heavy (non-hydrogen) atoms. The molecule has 0 bridgehead atoms. The molecule has 0 aliphatic rings. The summed E-state index contributed by atoms with van der Waals surface area (Å²) >= 11 is 0. The highest BCUT2D eigenvalue weighted by molar-refractivity contribution is 5.81. The maximum Gasteiger partial charge on any atom is 0.237 e. The fourth-order valence-corrected chi connectivity index (χ4v) is 1.19. The quantitative estimate of drug-likeness (QED) is 0.685. The van der Waals surface area contributed by atoms with Crippen molar-refractivity contribution in [3.63, 3.8) is 0 Å². The topological polar surface area (TPSA) is 55.1 Å². The van der Waals surface area contributed by atoms with E-state index >= 15 is 0 Å². The molecular formula is C11H24N2O. The largest absolute Gasteiger partial charge is 0.352 e. The second-order valence-electron chi connectivity index (χ2n) is 4.40. The van der Waals surface area contributed by atoms with Gasteiger partial charge in [-0.25, -0.2) is 0 Å². The first-order valence-electron chi connectivity index (χ1n) is 5.53. The second-order valence-corrected chi connectivity index (χ2v) is 4.40. The highest BCUT2D eigenvalue weighted by atomic mass is 16.2. The molecule has 0 rings (SSSR count). The third-order valence-corrected chi connectivity index (χ3v) is 2.34. The van der Waals surface area contributed by atoms with Crippen LogP contribution in [0.4, 0.5) is 0 Å². The minimum atomic E-state index is -0.350. The Kier molecular flexibility index (Phi) is 6.54. The summed E-state index contributed by atoms with van der Waals surface area (Å²) in [6.45, 7) is 8.32. The van der Waals surface area contributed by atoms with Crippen LogP contribution in [-0.4, -0.2) is 18.0 Å². The van der Waals surface area contributed by atoms with E-state index in [2.05, 4.69) is 19.2 Å². The van der Waals surface area contributed by atoms with Gasteiger partial charge in [-0.15, -0.1) is 0 Å². The Hall–Kier alpha value is -0.570. The zero-order valence-corrected chi connectivity index (χ0v) is 9.84. The van der Waals surface area contributed by atoms with Gasteiger partial charge in [-0.3, -0.25) is 4.79 Å². The smallest absolute Gasteiger partial charge is 0.237 e. The molecule has 84 valence electrons. The molecule has 1 unspecified atom stereocenters. The summed E-state index contributed by atoms with van der Waals surface area (Å²) in [5, 5.41) is 2.92. The molecule has 0 aliphatic heterocycles. The molecule has 0 radical (unpaired) electrons. The van der Waals surface area contributed by atoms with E-state index in [1.807, 2.05) is 13.8 Å². The Bertz CT molecular complexity index is 169. The van der Waals surface area contributed by atoms with Crippen LogP contribution in [0.15, 0.2) is 0 Å². The average molecular weight is 200 g/mol. The Balaban J connectivity index is 3.71. The zero-order valence-electron chi connectivity index (χ0n) is 9.84. The molecule has 3 nitrogen and oxygen atoms in total. The zero-order chi connectivity index (χ0) is 11.1. The van der Waals surface area contributed by atoms with Gasteiger partial charge in [0.2, 0.25) is 5.91 Å². The molecule has 3 N–H and O–H groups in total. The van der Waals surface area contributed by atoms with Crippen LogP contribution in [0.3, 0.4) is 0 Å². The molecule has 0 aromatic heterocycles. The van der Waals surface area contributed by atoms with Gasteiger partial charge in [0.05, 0.1) is 6.04 Å². The lowest BCUT2D eigenvalue weighted by Gasteiger charge is -2.17. The highest BCUT2D eigenvalue weighted by Crippen LogP contribution is 2.06. The summed E-state index contributed by atoms with van der Waals surface area (Å²) in [7, 11) is 0. The average Bonchev–Trinajstić information content (AvgIpc) is 2.13. The molecule has 1 amide bonds. The van der Waals surface area contributed by atoms with Crippen LogP contribution in [0.1, 0.15) is 47.0 Å². The first kappa shape index (κ1) is 13.4. The predicted octanol–water partition coefficient (Wildman–Crippen LogP) is 1.66. The van der Waals surface area contributed by atoms with Crippen molar-refractivity contribution in [3.05, 3.63) is 0 Å². The van der Waals surface area contributed by atoms with Crippen molar-refractivity contribution in [2.24, 2.45) is 11.7 Å². The molecule has 0 saturated heterocycles. The van der Waals surface area contributed by atoms with Gasteiger partial charge in [-0.2, -0.15) is 0 Å². The van der Waals surface area contributed by atoms with Crippen molar-refractivity contribution >= 4 is 5.91 Å². The van der Waals surface area contributed by atoms with Crippen molar-refractivity contribution in [3.8, 4) is 0 Å². The van der Waals surface area contributed by atoms with Crippen LogP contribution in [0.2, 0.25) is 0 Å². The summed E-state index contributed by atoms with van der Waals surface area (Å²) in [6, 6.07) is -0.112. The summed E-state index contributed by atoms with van der Waals surface area (Å²) in [6.07, 6.45) is 2.87. The van der Waals surface area contributed by atoms with Crippen molar-refractivity contribution in [2.45, 2.75) is 59.0 Å². The Morgan fingerprint density at radius 2 is 1.86 bits per heavy atom. The molecule has 3 heteroatoms. The molecule has 0 fully saturated rings. The van der Waals surface area contributed by atoms with Crippen LogP contribution in [-0.2, 0) is 4.79 Å². The predicted molar refractivity (Wildman–Crippen MR) is 59.9 cm³/mol. The van der Waals surface area contributed by atoms with Crippen LogP contribution in [0.25, 0.3) is 0 Å². The molecule has 0 aromatic rings. The Labute approximate surface area is 87.4 Å². The monoisotopic (exact) mass is 200 g/mol. The van der Waals surface area contributed by atoms with Crippen molar-refractivity contribution in [2.75, 3.05) is 0 Å². The second kappa shape index (κ2) is 6.82. The fraction of sp³-hybridized carbons (Fsp3) is 0.909. The number of nitrogens with two attached hydrogens (primary N) is 1. The number of nitrogens with one attached hydrogen (secondary N) is 1. The maximum atomic E-state index is 11.4. The van der Waals surface area contributed by atoms with Gasteiger partial charge in [0.25, 0.3) is 0 Å². The van der Waals surface area contributed by atoms with Crippen LogP contribution < -0.4 is 11.1 Å². The van der Waals surface area contributed by atoms with Crippen molar-refractivity contribution in [1.82, 2.24) is 5.32 Å². The highest BCUT2D eigenvalue weighted by Gasteiger charge is 2.13. The minimum absolute atomic E-state index is 0.0243. The standard InChI is InChI=1S/C11H24N2O/c1-5-10(12)11(14)13-9(4)7-6-8(2)3/h8-10H,5-7,12H2,1-4H3,(H,13,14)/t9?,10-/m1/s1. The third kappa shape index (κ3) is 5.97. The molecule has 0 heterocycles. The summed E-state index contributed by atoms with van der Waals surface area (Å²) < 4.78 is 0. The number of carbonyl (C=O) groups excluding carboxylic acids is 1. The lowest BCUT2D eigenvalue weighted by Crippen LogP contribution is -2.44. The Morgan fingerprint density at radius 1 is 1.29 bits per heavy atom. The third-order valence-electron chi connectivity index (χ3n) is 2.34. The van der Waals surface area contributed by atoms with E-state index in [1.54, 1.807) is 0 Å². The van der Waals surface area contributed by atoms with Crippen molar-refractivity contribution in [1.29, 1.82) is 0 Å². The van der Waals surface area contributed by atoms with E-state index in [9.17, 15) is 4.79 Å². The van der Waals surface area contributed by atoms with E-state index in [0.717, 1.165) is 12.8 Å². The first-order chi connectivity index (χ1) is 6.47. The number of hydrogen-bond donors (Lipinski definition) is 2. The molecule has 2 atom stereocenters. The van der Waals surface area contributed by atoms with E-state index in [4.69, 9.17) is 5.73 Å². The summed E-state index contributed by atoms with van der Waals surface area (Å²) in [4.78, 5) is 11.4. The van der Waals surface area contributed by atoms with Gasteiger partial charge in [0.1, 0.15) is 0 Å². The van der Waals surface area contributed by atoms with E-state index in [1.165, 1.54) is 0 Å². The van der Waals surface area contributed by atoms with Crippen LogP contribution in [0, 0.1) is 5.92 Å². The first-order valence-corrected chi connectivity index (χ1v) is 5.53. The lowest BCUT2D eigenvalue weighted by molar-refractivity contribution is -0.123. The summed E-state index contributed by atoms with van der Waals surface area (Å²) in [5.74, 6) is 0.665. The van der Waals surface area contributed by atoms with E-state index < -0.39 is 0 Å². The van der Waals surface area contributed by atoms with Gasteiger partial charge in [0, 0.05) is 6.04 Å². The molecular weight excluding hydrogens is 176 g/mol. The van der Waals surface area contributed by atoms with Gasteiger partial charge >= 0.3 is 0 Å². The number of hydrogen-bond acceptors (Lipinski definition) is 2. The van der Waals surface area contributed by atoms with E-state index in [0.29, 0.717) is 12.3 Å². The van der Waals surface area contributed by atoms with Gasteiger partial charge in [-0.05, 0) is 32.1 Å². The van der Waals surface area contributed by atoms with Crippen molar-refractivity contribution < 1.29 is 4.79 Å². The summed E-state index contributed by atoms with van der Waals surface area (Å²) in [5.41, 5.74) is 5.61. The van der Waals surface area contributed by atoms with Gasteiger partial charge < -0.3 is 11.1 Å². The number of carbonyl (C=O) groups is 1. The number of amides is 1. The molecule has 0 spiro atoms. The van der Waals surface area contributed by atoms with Gasteiger partial charge in [0.15, 0.2) is 0 Å². The lowest BCUT2D eigenvalue weighted by atomic mass is 10.0. The normalized spacial score (nSPS) is 15.3. The Morgan fingerprint density at radius 3 is 2.29 bits per heavy atom.